The topological polar surface area (TPSA) is 54.4 Å². The van der Waals surface area contributed by atoms with Crippen molar-refractivity contribution in [1.29, 1.82) is 0 Å². The van der Waals surface area contributed by atoms with Crippen molar-refractivity contribution in [2.75, 3.05) is 0 Å². The molecule has 0 aromatic heterocycles. The van der Waals surface area contributed by atoms with Gasteiger partial charge in [-0.1, -0.05) is 42.8 Å². The summed E-state index contributed by atoms with van der Waals surface area (Å²) in [4.78, 5) is -0.0666. The van der Waals surface area contributed by atoms with Crippen LogP contribution in [0.25, 0.3) is 0 Å². The van der Waals surface area contributed by atoms with E-state index in [2.05, 4.69) is 0 Å². The third kappa shape index (κ3) is 6.42. The lowest BCUT2D eigenvalue weighted by atomic mass is 10.1. The monoisotopic (exact) mass is 346 g/mol. The summed E-state index contributed by atoms with van der Waals surface area (Å²) in [5.74, 6) is 0. The predicted molar refractivity (Wildman–Crippen MR) is 81.8 cm³/mol. The molecule has 0 amide bonds. The van der Waals surface area contributed by atoms with Gasteiger partial charge in [-0.2, -0.15) is 21.6 Å². The third-order valence-electron chi connectivity index (χ3n) is 2.98. The summed E-state index contributed by atoms with van der Waals surface area (Å²) in [7, 11) is -4.02. The predicted octanol–water partition coefficient (Wildman–Crippen LogP) is 4.51. The van der Waals surface area contributed by atoms with E-state index in [-0.39, 0.29) is 4.90 Å². The maximum atomic E-state index is 12.1. The fourth-order valence-corrected chi connectivity index (χ4v) is 2.16. The van der Waals surface area contributed by atoms with E-state index >= 15 is 0 Å². The van der Waals surface area contributed by atoms with Crippen LogP contribution in [0.2, 0.25) is 0 Å². The summed E-state index contributed by atoms with van der Waals surface area (Å²) in [6.07, 6.45) is -3.59. The Labute approximate surface area is 133 Å². The van der Waals surface area contributed by atoms with Crippen LogP contribution in [0, 0.1) is 6.92 Å². The van der Waals surface area contributed by atoms with Crippen LogP contribution < -0.4 is 0 Å². The van der Waals surface area contributed by atoms with Gasteiger partial charge in [-0.3, -0.25) is 4.55 Å². The fourth-order valence-electron chi connectivity index (χ4n) is 1.68. The second-order valence-corrected chi connectivity index (χ2v) is 6.26. The van der Waals surface area contributed by atoms with Gasteiger partial charge in [-0.15, -0.1) is 0 Å². The first-order valence-electron chi connectivity index (χ1n) is 6.74. The highest BCUT2D eigenvalue weighted by Crippen LogP contribution is 2.29. The van der Waals surface area contributed by atoms with E-state index < -0.39 is 21.9 Å². The van der Waals surface area contributed by atoms with E-state index in [0.717, 1.165) is 11.6 Å². The second kappa shape index (κ2) is 7.61. The molecule has 23 heavy (non-hydrogen) atoms. The van der Waals surface area contributed by atoms with Crippen molar-refractivity contribution in [2.45, 2.75) is 31.3 Å². The molecule has 0 radical (unpaired) electrons. The van der Waals surface area contributed by atoms with E-state index in [1.165, 1.54) is 24.3 Å². The Morgan fingerprint density at radius 2 is 1.61 bits per heavy atom. The smallest absolute Gasteiger partial charge is 0.282 e. The number of alkyl halides is 3. The minimum atomic E-state index is -4.22. The van der Waals surface area contributed by atoms with Crippen LogP contribution in [-0.2, 0) is 22.7 Å². The second-order valence-electron chi connectivity index (χ2n) is 4.84. The molecule has 126 valence electrons. The molecule has 3 nitrogen and oxygen atoms in total. The van der Waals surface area contributed by atoms with Gasteiger partial charge in [0, 0.05) is 0 Å². The van der Waals surface area contributed by atoms with Crippen LogP contribution >= 0.6 is 0 Å². The van der Waals surface area contributed by atoms with E-state index in [1.807, 2.05) is 13.8 Å². The Kier molecular flexibility index (Phi) is 6.35. The van der Waals surface area contributed by atoms with Crippen LogP contribution in [0.15, 0.2) is 53.4 Å². The Bertz CT molecular complexity index is 736. The molecule has 2 aromatic rings. The molecule has 0 saturated carbocycles. The molecule has 0 aliphatic rings. The van der Waals surface area contributed by atoms with Gasteiger partial charge in [0.15, 0.2) is 0 Å². The van der Waals surface area contributed by atoms with E-state index in [4.69, 9.17) is 4.55 Å². The molecule has 0 fully saturated rings. The molecule has 0 atom stereocenters. The molecular formula is C16H17F3O3S. The van der Waals surface area contributed by atoms with E-state index in [9.17, 15) is 21.6 Å². The van der Waals surface area contributed by atoms with Gasteiger partial charge < -0.3 is 0 Å². The minimum Gasteiger partial charge on any atom is -0.282 e. The molecule has 0 aliphatic carbocycles. The summed E-state index contributed by atoms with van der Waals surface area (Å²) < 4.78 is 65.9. The number of rotatable bonds is 2. The molecule has 0 unspecified atom stereocenters. The van der Waals surface area contributed by atoms with Crippen molar-refractivity contribution < 1.29 is 26.1 Å². The lowest BCUT2D eigenvalue weighted by Crippen LogP contribution is -2.04. The summed E-state index contributed by atoms with van der Waals surface area (Å²) in [6, 6.07) is 11.4. The third-order valence-corrected chi connectivity index (χ3v) is 3.85. The summed E-state index contributed by atoms with van der Waals surface area (Å²) >= 11 is 0. The van der Waals surface area contributed by atoms with Crippen LogP contribution in [0.4, 0.5) is 13.2 Å². The van der Waals surface area contributed by atoms with Crippen molar-refractivity contribution >= 4 is 10.1 Å². The average molecular weight is 346 g/mol. The van der Waals surface area contributed by atoms with Crippen LogP contribution in [0.1, 0.15) is 23.6 Å². The molecule has 0 bridgehead atoms. The maximum absolute atomic E-state index is 12.1. The van der Waals surface area contributed by atoms with Crippen molar-refractivity contribution in [3.8, 4) is 0 Å². The number of aryl methyl sites for hydroxylation is 2. The SMILES string of the molecule is CCc1cccc(C(F)(F)F)c1.Cc1ccc(S(=O)(=O)O)cc1. The number of hydrogen-bond donors (Lipinski definition) is 1. The molecule has 0 aliphatic heterocycles. The lowest BCUT2D eigenvalue weighted by Gasteiger charge is -2.06. The van der Waals surface area contributed by atoms with Crippen molar-refractivity contribution in [2.24, 2.45) is 0 Å². The van der Waals surface area contributed by atoms with Gasteiger partial charge in [-0.25, -0.2) is 0 Å². The first-order chi connectivity index (χ1) is 10.5. The van der Waals surface area contributed by atoms with Crippen LogP contribution in [0.5, 0.6) is 0 Å². The maximum Gasteiger partial charge on any atom is 0.416 e. The molecule has 0 spiro atoms. The quantitative estimate of drug-likeness (QED) is 0.814. The molecule has 2 aromatic carbocycles. The van der Waals surface area contributed by atoms with Gasteiger partial charge >= 0.3 is 6.18 Å². The normalized spacial score (nSPS) is 11.6. The van der Waals surface area contributed by atoms with E-state index in [1.54, 1.807) is 18.2 Å². The summed E-state index contributed by atoms with van der Waals surface area (Å²) in [5, 5.41) is 0. The Morgan fingerprint density at radius 1 is 1.04 bits per heavy atom. The van der Waals surface area contributed by atoms with Gasteiger partial charge in [-0.05, 0) is 37.1 Å². The first-order valence-corrected chi connectivity index (χ1v) is 8.18. The van der Waals surface area contributed by atoms with Gasteiger partial charge in [0.1, 0.15) is 0 Å². The molecule has 1 N–H and O–H groups in total. The Hall–Kier alpha value is -1.86. The van der Waals surface area contributed by atoms with E-state index in [0.29, 0.717) is 12.0 Å². The minimum absolute atomic E-state index is 0.0666. The van der Waals surface area contributed by atoms with Gasteiger partial charge in [0.25, 0.3) is 10.1 Å². The number of hydrogen-bond acceptors (Lipinski definition) is 2. The largest absolute Gasteiger partial charge is 0.416 e. The molecule has 7 heteroatoms. The van der Waals surface area contributed by atoms with Crippen molar-refractivity contribution in [3.05, 3.63) is 65.2 Å². The molecule has 0 saturated heterocycles. The zero-order valence-corrected chi connectivity index (χ0v) is 13.4. The highest BCUT2D eigenvalue weighted by molar-refractivity contribution is 7.85. The first kappa shape index (κ1) is 19.2. The van der Waals surface area contributed by atoms with Gasteiger partial charge in [0.2, 0.25) is 0 Å². The zero-order chi connectivity index (χ0) is 17.7. The Balaban J connectivity index is 0.000000231. The van der Waals surface area contributed by atoms with Crippen LogP contribution in [-0.4, -0.2) is 13.0 Å². The van der Waals surface area contributed by atoms with Gasteiger partial charge in [0.05, 0.1) is 10.5 Å². The number of halogens is 3. The van der Waals surface area contributed by atoms with Crippen molar-refractivity contribution in [1.82, 2.24) is 0 Å². The average Bonchev–Trinajstić information content (AvgIpc) is 2.46. The number of benzene rings is 2. The molecule has 2 rings (SSSR count). The highest BCUT2D eigenvalue weighted by atomic mass is 32.2. The Morgan fingerprint density at radius 3 is 2.04 bits per heavy atom. The summed E-state index contributed by atoms with van der Waals surface area (Å²) in [5.41, 5.74) is 1.10. The zero-order valence-electron chi connectivity index (χ0n) is 12.6. The summed E-state index contributed by atoms with van der Waals surface area (Å²) in [6.45, 7) is 3.67. The highest BCUT2D eigenvalue weighted by Gasteiger charge is 2.30. The standard InChI is InChI=1S/C9H9F3.C7H8O3S/c1-2-7-4-3-5-8(6-7)9(10,11)12;1-6-2-4-7(5-3-6)11(8,9)10/h3-6H,2H2,1H3;2-5H,1H3,(H,8,9,10). The molecular weight excluding hydrogens is 329 g/mol. The molecule has 0 heterocycles. The van der Waals surface area contributed by atoms with Crippen LogP contribution in [0.3, 0.4) is 0 Å². The fraction of sp³-hybridized carbons (Fsp3) is 0.250. The van der Waals surface area contributed by atoms with Crippen molar-refractivity contribution in [3.63, 3.8) is 0 Å². The lowest BCUT2D eigenvalue weighted by molar-refractivity contribution is -0.137.